The van der Waals surface area contributed by atoms with Crippen LogP contribution in [0.25, 0.3) is 11.5 Å². The van der Waals surface area contributed by atoms with Crippen molar-refractivity contribution >= 4 is 5.97 Å². The monoisotopic (exact) mass is 234 g/mol. The molecule has 88 valence electrons. The van der Waals surface area contributed by atoms with Gasteiger partial charge in [0.1, 0.15) is 5.69 Å². The third-order valence-corrected chi connectivity index (χ3v) is 2.91. The van der Waals surface area contributed by atoms with Crippen molar-refractivity contribution in [3.8, 4) is 11.5 Å². The molecule has 0 saturated heterocycles. The van der Waals surface area contributed by atoms with Gasteiger partial charge in [0.25, 0.3) is 0 Å². The molecule has 0 aliphatic heterocycles. The average Bonchev–Trinajstić information content (AvgIpc) is 2.75. The summed E-state index contributed by atoms with van der Waals surface area (Å²) >= 11 is 0. The first-order chi connectivity index (χ1) is 8.16. The number of imidazole rings is 1. The number of aromatic nitrogens is 4. The van der Waals surface area contributed by atoms with Crippen molar-refractivity contribution in [3.63, 3.8) is 0 Å². The lowest BCUT2D eigenvalue weighted by atomic mass is 10.3. The summed E-state index contributed by atoms with van der Waals surface area (Å²) in [5, 5.41) is 12.7. The van der Waals surface area contributed by atoms with Crippen LogP contribution < -0.4 is 0 Å². The molecule has 0 radical (unpaired) electrons. The Hall–Kier alpha value is -2.18. The van der Waals surface area contributed by atoms with E-state index in [1.54, 1.807) is 17.1 Å². The van der Waals surface area contributed by atoms with E-state index in [9.17, 15) is 4.79 Å². The van der Waals surface area contributed by atoms with Gasteiger partial charge in [-0.25, -0.2) is 4.98 Å². The maximum absolute atomic E-state index is 10.7. The van der Waals surface area contributed by atoms with Gasteiger partial charge >= 0.3 is 5.97 Å². The molecule has 1 saturated carbocycles. The van der Waals surface area contributed by atoms with Gasteiger partial charge in [-0.2, -0.15) is 4.98 Å². The molecule has 1 N–H and O–H groups in total. The minimum atomic E-state index is -0.810. The fourth-order valence-corrected chi connectivity index (χ4v) is 1.80. The van der Waals surface area contributed by atoms with Gasteiger partial charge < -0.3 is 14.2 Å². The van der Waals surface area contributed by atoms with E-state index >= 15 is 0 Å². The molecule has 0 bridgehead atoms. The first-order valence-corrected chi connectivity index (χ1v) is 5.20. The topological polar surface area (TPSA) is 94.0 Å². The van der Waals surface area contributed by atoms with E-state index in [4.69, 9.17) is 9.63 Å². The van der Waals surface area contributed by atoms with Gasteiger partial charge in [0.2, 0.25) is 11.7 Å². The Labute approximate surface area is 96.1 Å². The van der Waals surface area contributed by atoms with Crippen LogP contribution in [0.2, 0.25) is 0 Å². The zero-order valence-corrected chi connectivity index (χ0v) is 9.07. The number of aliphatic carboxylic acids is 1. The number of carboxylic acids is 1. The first kappa shape index (κ1) is 10.0. The molecule has 1 aliphatic rings. The fraction of sp³-hybridized carbons (Fsp3) is 0.400. The van der Waals surface area contributed by atoms with Crippen LogP contribution in [0.1, 0.15) is 18.2 Å². The Balaban J connectivity index is 1.85. The van der Waals surface area contributed by atoms with E-state index in [2.05, 4.69) is 15.1 Å². The zero-order chi connectivity index (χ0) is 12.0. The van der Waals surface area contributed by atoms with E-state index in [1.807, 2.05) is 7.05 Å². The van der Waals surface area contributed by atoms with E-state index in [0.717, 1.165) is 5.69 Å². The highest BCUT2D eigenvalue weighted by Gasteiger charge is 2.48. The Morgan fingerprint density at radius 2 is 2.47 bits per heavy atom. The van der Waals surface area contributed by atoms with Gasteiger partial charge in [-0.05, 0) is 6.42 Å². The summed E-state index contributed by atoms with van der Waals surface area (Å²) in [6.07, 6.45) is 3.85. The second-order valence-electron chi connectivity index (χ2n) is 4.13. The second-order valence-corrected chi connectivity index (χ2v) is 4.13. The van der Waals surface area contributed by atoms with Crippen molar-refractivity contribution in [1.29, 1.82) is 0 Å². The minimum absolute atomic E-state index is 0.137. The summed E-state index contributed by atoms with van der Waals surface area (Å²) < 4.78 is 6.86. The molecule has 2 aromatic rings. The smallest absolute Gasteiger partial charge is 0.307 e. The van der Waals surface area contributed by atoms with Crippen LogP contribution in [0.3, 0.4) is 0 Å². The molecule has 0 aromatic carbocycles. The number of carbonyl (C=O) groups is 1. The third-order valence-electron chi connectivity index (χ3n) is 2.91. The highest BCUT2D eigenvalue weighted by molar-refractivity contribution is 5.74. The number of hydrogen-bond donors (Lipinski definition) is 1. The molecule has 2 aromatic heterocycles. The normalized spacial score (nSPS) is 22.6. The van der Waals surface area contributed by atoms with Crippen LogP contribution in [0, 0.1) is 5.92 Å². The number of aryl methyl sites for hydroxylation is 1. The average molecular weight is 234 g/mol. The molecule has 1 aliphatic carbocycles. The maximum atomic E-state index is 10.7. The second kappa shape index (κ2) is 3.41. The maximum Gasteiger partial charge on any atom is 0.307 e. The van der Waals surface area contributed by atoms with E-state index < -0.39 is 5.97 Å². The van der Waals surface area contributed by atoms with E-state index in [1.165, 1.54) is 0 Å². The zero-order valence-electron chi connectivity index (χ0n) is 9.07. The molecule has 0 spiro atoms. The van der Waals surface area contributed by atoms with Gasteiger partial charge in [-0.3, -0.25) is 4.79 Å². The molecule has 7 heteroatoms. The van der Waals surface area contributed by atoms with Gasteiger partial charge in [-0.1, -0.05) is 5.16 Å². The van der Waals surface area contributed by atoms with Crippen molar-refractivity contribution in [3.05, 3.63) is 18.4 Å². The van der Waals surface area contributed by atoms with Crippen LogP contribution >= 0.6 is 0 Å². The van der Waals surface area contributed by atoms with Crippen LogP contribution in [0.5, 0.6) is 0 Å². The molecular weight excluding hydrogens is 224 g/mol. The van der Waals surface area contributed by atoms with Crippen molar-refractivity contribution in [1.82, 2.24) is 19.7 Å². The van der Waals surface area contributed by atoms with Crippen LogP contribution in [-0.2, 0) is 11.8 Å². The van der Waals surface area contributed by atoms with Crippen molar-refractivity contribution in [2.45, 2.75) is 12.3 Å². The van der Waals surface area contributed by atoms with Crippen molar-refractivity contribution in [2.75, 3.05) is 0 Å². The Kier molecular flexibility index (Phi) is 2.01. The molecular formula is C10H10N4O3. The number of rotatable bonds is 3. The SMILES string of the molecule is Cn1cncc1-c1noc(C2CC2C(=O)O)n1. The van der Waals surface area contributed by atoms with Crippen LogP contribution in [-0.4, -0.2) is 30.8 Å². The van der Waals surface area contributed by atoms with E-state index in [-0.39, 0.29) is 11.8 Å². The Bertz CT molecular complexity index is 574. The highest BCUT2D eigenvalue weighted by Crippen LogP contribution is 2.47. The van der Waals surface area contributed by atoms with Gasteiger partial charge in [0.05, 0.1) is 24.4 Å². The summed E-state index contributed by atoms with van der Waals surface area (Å²) in [5.74, 6) is -0.489. The van der Waals surface area contributed by atoms with Crippen LogP contribution in [0.4, 0.5) is 0 Å². The summed E-state index contributed by atoms with van der Waals surface area (Å²) in [5.41, 5.74) is 0.743. The quantitative estimate of drug-likeness (QED) is 0.838. The molecule has 2 atom stereocenters. The lowest BCUT2D eigenvalue weighted by molar-refractivity contribution is -0.138. The van der Waals surface area contributed by atoms with Crippen LogP contribution in [0.15, 0.2) is 17.0 Å². The summed E-state index contributed by atoms with van der Waals surface area (Å²) in [7, 11) is 1.83. The van der Waals surface area contributed by atoms with Gasteiger partial charge in [0.15, 0.2) is 0 Å². The molecule has 7 nitrogen and oxygen atoms in total. The molecule has 1 fully saturated rings. The highest BCUT2D eigenvalue weighted by atomic mass is 16.5. The van der Waals surface area contributed by atoms with Gasteiger partial charge in [0, 0.05) is 7.05 Å². The number of nitrogens with zero attached hydrogens (tertiary/aromatic N) is 4. The largest absolute Gasteiger partial charge is 0.481 e. The standard InChI is InChI=1S/C10H10N4O3/c1-14-4-11-3-7(14)8-12-9(17-13-8)5-2-6(5)10(15)16/h3-6H,2H2,1H3,(H,15,16). The lowest BCUT2D eigenvalue weighted by Gasteiger charge is -1.92. The first-order valence-electron chi connectivity index (χ1n) is 5.20. The molecule has 17 heavy (non-hydrogen) atoms. The Morgan fingerprint density at radius 1 is 1.65 bits per heavy atom. The van der Waals surface area contributed by atoms with Crippen molar-refractivity contribution < 1.29 is 14.4 Å². The number of hydrogen-bond acceptors (Lipinski definition) is 5. The third kappa shape index (κ3) is 1.59. The van der Waals surface area contributed by atoms with E-state index in [0.29, 0.717) is 18.1 Å². The summed E-state index contributed by atoms with van der Waals surface area (Å²) in [6.45, 7) is 0. The fourth-order valence-electron chi connectivity index (χ4n) is 1.80. The summed E-state index contributed by atoms with van der Waals surface area (Å²) in [4.78, 5) is 18.9. The Morgan fingerprint density at radius 3 is 3.06 bits per heavy atom. The molecule has 2 unspecified atom stereocenters. The lowest BCUT2D eigenvalue weighted by Crippen LogP contribution is -1.99. The molecule has 0 amide bonds. The van der Waals surface area contributed by atoms with Gasteiger partial charge in [-0.15, -0.1) is 0 Å². The number of carboxylic acid groups (broad SMARTS) is 1. The van der Waals surface area contributed by atoms with Crippen molar-refractivity contribution in [2.24, 2.45) is 13.0 Å². The summed E-state index contributed by atoms with van der Waals surface area (Å²) in [6, 6.07) is 0. The predicted octanol–water partition coefficient (Wildman–Crippen LogP) is 0.658. The minimum Gasteiger partial charge on any atom is -0.481 e. The molecule has 3 rings (SSSR count). The molecule has 2 heterocycles. The predicted molar refractivity (Wildman–Crippen MR) is 55.0 cm³/mol.